The molecule has 152 valence electrons. The van der Waals surface area contributed by atoms with Crippen molar-refractivity contribution < 1.29 is 14.6 Å². The first kappa shape index (κ1) is 20.6. The minimum Gasteiger partial charge on any atom is -0.490 e. The number of carboxylic acid groups (broad SMARTS) is 1. The standard InChI is InChI=1S/C21H29N3O3S/c1-13-19(28-12-23-13)14-5-6-15(11-22)17(9-14)27-16-7-8-24(20(25)26)18(10-16)21(2,3)4/h5-6,9,12,16,18H,7-8,10-11,22H2,1-4H3,(H,25,26). The van der Waals surface area contributed by atoms with E-state index in [4.69, 9.17) is 10.5 Å². The first-order valence-corrected chi connectivity index (χ1v) is 10.5. The number of rotatable bonds is 4. The maximum atomic E-state index is 11.6. The number of nitrogens with zero attached hydrogens (tertiary/aromatic N) is 2. The van der Waals surface area contributed by atoms with Crippen LogP contribution < -0.4 is 10.5 Å². The molecular weight excluding hydrogens is 374 g/mol. The third kappa shape index (κ3) is 4.31. The number of carbonyl (C=O) groups is 1. The number of nitrogens with two attached hydrogens (primary N) is 1. The van der Waals surface area contributed by atoms with E-state index in [0.29, 0.717) is 25.9 Å². The van der Waals surface area contributed by atoms with Gasteiger partial charge in [0.25, 0.3) is 0 Å². The zero-order chi connectivity index (χ0) is 20.5. The summed E-state index contributed by atoms with van der Waals surface area (Å²) in [6.45, 7) is 9.11. The number of aryl methyl sites for hydroxylation is 1. The second-order valence-electron chi connectivity index (χ2n) is 8.42. The van der Waals surface area contributed by atoms with Crippen LogP contribution in [0.1, 0.15) is 44.9 Å². The number of hydrogen-bond acceptors (Lipinski definition) is 5. The normalized spacial score (nSPS) is 20.2. The summed E-state index contributed by atoms with van der Waals surface area (Å²) in [5.74, 6) is 0.786. The van der Waals surface area contributed by atoms with Gasteiger partial charge in [-0.3, -0.25) is 0 Å². The Labute approximate surface area is 170 Å². The molecule has 1 fully saturated rings. The lowest BCUT2D eigenvalue weighted by Gasteiger charge is -2.44. The van der Waals surface area contributed by atoms with E-state index in [1.54, 1.807) is 16.2 Å². The van der Waals surface area contributed by atoms with Gasteiger partial charge < -0.3 is 20.5 Å². The highest BCUT2D eigenvalue weighted by Crippen LogP contribution is 2.36. The summed E-state index contributed by atoms with van der Waals surface area (Å²) in [5.41, 5.74) is 10.7. The molecule has 1 aliphatic heterocycles. The zero-order valence-electron chi connectivity index (χ0n) is 16.9. The number of ether oxygens (including phenoxy) is 1. The molecule has 0 spiro atoms. The van der Waals surface area contributed by atoms with Gasteiger partial charge in [-0.05, 0) is 24.0 Å². The second kappa shape index (κ2) is 8.09. The molecule has 1 aliphatic rings. The van der Waals surface area contributed by atoms with E-state index in [2.05, 4.69) is 31.8 Å². The Kier molecular flexibility index (Phi) is 5.95. The fourth-order valence-corrected chi connectivity index (χ4v) is 4.63. The maximum absolute atomic E-state index is 11.6. The molecule has 0 bridgehead atoms. The summed E-state index contributed by atoms with van der Waals surface area (Å²) in [4.78, 5) is 18.7. The SMILES string of the molecule is Cc1ncsc1-c1ccc(CN)c(OC2CCN(C(=O)O)C(C(C)(C)C)C2)c1. The summed E-state index contributed by atoms with van der Waals surface area (Å²) in [5, 5.41) is 9.56. The molecule has 1 aromatic heterocycles. The molecule has 7 heteroatoms. The van der Waals surface area contributed by atoms with Gasteiger partial charge in [0.15, 0.2) is 0 Å². The molecule has 2 unspecified atom stereocenters. The van der Waals surface area contributed by atoms with Gasteiger partial charge in [0.2, 0.25) is 0 Å². The van der Waals surface area contributed by atoms with Gasteiger partial charge in [0.05, 0.1) is 16.1 Å². The van der Waals surface area contributed by atoms with Gasteiger partial charge in [-0.1, -0.05) is 32.9 Å². The Morgan fingerprint density at radius 3 is 2.75 bits per heavy atom. The van der Waals surface area contributed by atoms with E-state index >= 15 is 0 Å². The number of benzene rings is 1. The van der Waals surface area contributed by atoms with E-state index in [1.807, 2.05) is 24.6 Å². The first-order valence-electron chi connectivity index (χ1n) is 9.60. The Balaban J connectivity index is 1.84. The minimum absolute atomic E-state index is 0.0390. The second-order valence-corrected chi connectivity index (χ2v) is 9.27. The van der Waals surface area contributed by atoms with Crippen molar-refractivity contribution in [3.05, 3.63) is 35.0 Å². The number of hydrogen-bond donors (Lipinski definition) is 2. The Hall–Kier alpha value is -2.12. The van der Waals surface area contributed by atoms with Crippen LogP contribution in [0.4, 0.5) is 4.79 Å². The summed E-state index contributed by atoms with van der Waals surface area (Å²) in [7, 11) is 0. The number of aromatic nitrogens is 1. The highest BCUT2D eigenvalue weighted by atomic mass is 32.1. The van der Waals surface area contributed by atoms with E-state index < -0.39 is 6.09 Å². The van der Waals surface area contributed by atoms with Crippen LogP contribution >= 0.6 is 11.3 Å². The van der Waals surface area contributed by atoms with Gasteiger partial charge >= 0.3 is 6.09 Å². The smallest absolute Gasteiger partial charge is 0.407 e. The third-order valence-electron chi connectivity index (χ3n) is 5.39. The van der Waals surface area contributed by atoms with Crippen LogP contribution in [0, 0.1) is 12.3 Å². The average Bonchev–Trinajstić information content (AvgIpc) is 3.06. The topological polar surface area (TPSA) is 88.7 Å². The molecule has 1 amide bonds. The fraction of sp³-hybridized carbons (Fsp3) is 0.524. The lowest BCUT2D eigenvalue weighted by molar-refractivity contribution is 0.0128. The van der Waals surface area contributed by atoms with Crippen LogP contribution in [0.3, 0.4) is 0 Å². The van der Waals surface area contributed by atoms with Gasteiger partial charge in [-0.15, -0.1) is 11.3 Å². The van der Waals surface area contributed by atoms with Crippen molar-refractivity contribution in [1.82, 2.24) is 9.88 Å². The maximum Gasteiger partial charge on any atom is 0.407 e. The van der Waals surface area contributed by atoms with Crippen molar-refractivity contribution in [2.24, 2.45) is 11.1 Å². The highest BCUT2D eigenvalue weighted by molar-refractivity contribution is 7.13. The lowest BCUT2D eigenvalue weighted by Crippen LogP contribution is -2.53. The zero-order valence-corrected chi connectivity index (χ0v) is 17.8. The molecule has 2 atom stereocenters. The monoisotopic (exact) mass is 403 g/mol. The molecule has 0 aliphatic carbocycles. The predicted octanol–water partition coefficient (Wildman–Crippen LogP) is 4.51. The van der Waals surface area contributed by atoms with Gasteiger partial charge in [0.1, 0.15) is 11.9 Å². The molecule has 28 heavy (non-hydrogen) atoms. The Morgan fingerprint density at radius 1 is 1.43 bits per heavy atom. The molecule has 3 rings (SSSR count). The van der Waals surface area contributed by atoms with Gasteiger partial charge in [0, 0.05) is 37.5 Å². The fourth-order valence-electron chi connectivity index (χ4n) is 3.82. The molecule has 6 nitrogen and oxygen atoms in total. The van der Waals surface area contributed by atoms with Crippen molar-refractivity contribution in [2.45, 2.75) is 59.2 Å². The lowest BCUT2D eigenvalue weighted by atomic mass is 9.80. The van der Waals surface area contributed by atoms with Crippen LogP contribution in [-0.2, 0) is 6.54 Å². The van der Waals surface area contributed by atoms with Crippen LogP contribution in [0.25, 0.3) is 10.4 Å². The van der Waals surface area contributed by atoms with Crippen LogP contribution in [0.2, 0.25) is 0 Å². The van der Waals surface area contributed by atoms with Gasteiger partial charge in [-0.2, -0.15) is 0 Å². The number of likely N-dealkylation sites (tertiary alicyclic amines) is 1. The van der Waals surface area contributed by atoms with Crippen molar-refractivity contribution in [2.75, 3.05) is 6.54 Å². The van der Waals surface area contributed by atoms with Gasteiger partial charge in [-0.25, -0.2) is 9.78 Å². The summed E-state index contributed by atoms with van der Waals surface area (Å²) < 4.78 is 6.39. The van der Waals surface area contributed by atoms with Crippen molar-refractivity contribution in [3.8, 4) is 16.2 Å². The molecule has 1 aromatic carbocycles. The molecule has 0 saturated carbocycles. The molecule has 3 N–H and O–H groups in total. The van der Waals surface area contributed by atoms with Crippen LogP contribution in [0.5, 0.6) is 5.75 Å². The highest BCUT2D eigenvalue weighted by Gasteiger charge is 2.39. The van der Waals surface area contributed by atoms with Crippen LogP contribution in [0.15, 0.2) is 23.7 Å². The van der Waals surface area contributed by atoms with Crippen molar-refractivity contribution in [3.63, 3.8) is 0 Å². The molecule has 2 heterocycles. The largest absolute Gasteiger partial charge is 0.490 e. The quantitative estimate of drug-likeness (QED) is 0.784. The molecule has 0 radical (unpaired) electrons. The van der Waals surface area contributed by atoms with E-state index in [9.17, 15) is 9.90 Å². The Bertz CT molecular complexity index is 844. The summed E-state index contributed by atoms with van der Waals surface area (Å²) >= 11 is 1.61. The van der Waals surface area contributed by atoms with Crippen molar-refractivity contribution in [1.29, 1.82) is 0 Å². The number of thiazole rings is 1. The summed E-state index contributed by atoms with van der Waals surface area (Å²) in [6, 6.07) is 6.02. The van der Waals surface area contributed by atoms with Crippen molar-refractivity contribution >= 4 is 17.4 Å². The number of piperidine rings is 1. The third-order valence-corrected chi connectivity index (χ3v) is 6.37. The molecule has 2 aromatic rings. The molecule has 1 saturated heterocycles. The Morgan fingerprint density at radius 2 is 2.18 bits per heavy atom. The first-order chi connectivity index (χ1) is 13.2. The summed E-state index contributed by atoms with van der Waals surface area (Å²) in [6.07, 6.45) is 0.447. The predicted molar refractivity (Wildman–Crippen MR) is 112 cm³/mol. The number of amides is 1. The van der Waals surface area contributed by atoms with E-state index in [0.717, 1.165) is 27.4 Å². The average molecular weight is 404 g/mol. The minimum atomic E-state index is -0.858. The van der Waals surface area contributed by atoms with Crippen LogP contribution in [-0.4, -0.2) is 39.8 Å². The van der Waals surface area contributed by atoms with E-state index in [-0.39, 0.29) is 17.6 Å². The molecular formula is C21H29N3O3S. The van der Waals surface area contributed by atoms with E-state index in [1.165, 1.54) is 0 Å².